The van der Waals surface area contributed by atoms with Gasteiger partial charge in [-0.05, 0) is 37.8 Å². The Morgan fingerprint density at radius 2 is 2.11 bits per heavy atom. The molecule has 19 heavy (non-hydrogen) atoms. The van der Waals surface area contributed by atoms with E-state index in [-0.39, 0.29) is 6.42 Å². The third kappa shape index (κ3) is 4.12. The van der Waals surface area contributed by atoms with Gasteiger partial charge in [0.15, 0.2) is 0 Å². The number of nitrogens with zero attached hydrogens (tertiary/aromatic N) is 1. The van der Waals surface area contributed by atoms with Gasteiger partial charge in [0.2, 0.25) is 0 Å². The van der Waals surface area contributed by atoms with E-state index in [2.05, 4.69) is 29.2 Å². The highest BCUT2D eigenvalue weighted by Crippen LogP contribution is 2.23. The molecule has 1 aromatic carbocycles. The summed E-state index contributed by atoms with van der Waals surface area (Å²) in [6.07, 6.45) is 8.95. The molecular weight excluding hydrogens is 238 g/mol. The van der Waals surface area contributed by atoms with Crippen molar-refractivity contribution in [3.05, 3.63) is 42.5 Å². The minimum atomic E-state index is -0.716. The standard InChI is InChI=1S/C16H21NO2/c18-16(19)12-7-13-17(14-8-3-1-4-9-14)15-10-5-2-6-11-15/h1,3-5,8-10,15H,2,6-7,11-13H2,(H,18,19). The molecule has 0 heterocycles. The lowest BCUT2D eigenvalue weighted by Gasteiger charge is -2.33. The summed E-state index contributed by atoms with van der Waals surface area (Å²) >= 11 is 0. The van der Waals surface area contributed by atoms with Gasteiger partial charge < -0.3 is 10.0 Å². The van der Waals surface area contributed by atoms with E-state index in [9.17, 15) is 4.79 Å². The van der Waals surface area contributed by atoms with Crippen molar-refractivity contribution >= 4 is 11.7 Å². The second kappa shape index (κ2) is 6.98. The van der Waals surface area contributed by atoms with Gasteiger partial charge in [0.05, 0.1) is 0 Å². The van der Waals surface area contributed by atoms with Crippen molar-refractivity contribution in [2.45, 2.75) is 38.1 Å². The maximum atomic E-state index is 10.7. The molecule has 102 valence electrons. The van der Waals surface area contributed by atoms with Crippen molar-refractivity contribution in [1.82, 2.24) is 0 Å². The summed E-state index contributed by atoms with van der Waals surface area (Å²) in [5.41, 5.74) is 1.18. The van der Waals surface area contributed by atoms with E-state index in [1.807, 2.05) is 18.2 Å². The zero-order valence-electron chi connectivity index (χ0n) is 11.2. The molecular formula is C16H21NO2. The number of carboxylic acid groups (broad SMARTS) is 1. The van der Waals surface area contributed by atoms with E-state index in [4.69, 9.17) is 5.11 Å². The smallest absolute Gasteiger partial charge is 0.303 e. The lowest BCUT2D eigenvalue weighted by Crippen LogP contribution is -2.36. The Hall–Kier alpha value is -1.77. The first-order valence-electron chi connectivity index (χ1n) is 6.97. The summed E-state index contributed by atoms with van der Waals surface area (Å²) in [6.45, 7) is 0.797. The Balaban J connectivity index is 2.06. The fourth-order valence-electron chi connectivity index (χ4n) is 2.56. The Morgan fingerprint density at radius 3 is 2.74 bits per heavy atom. The molecule has 1 aliphatic carbocycles. The molecule has 0 bridgehead atoms. The van der Waals surface area contributed by atoms with Gasteiger partial charge in [0.1, 0.15) is 0 Å². The monoisotopic (exact) mass is 259 g/mol. The molecule has 1 unspecified atom stereocenters. The second-order valence-electron chi connectivity index (χ2n) is 4.95. The first kappa shape index (κ1) is 13.7. The molecule has 3 nitrogen and oxygen atoms in total. The van der Waals surface area contributed by atoms with Crippen molar-refractivity contribution < 1.29 is 9.90 Å². The van der Waals surface area contributed by atoms with E-state index in [1.54, 1.807) is 0 Å². The van der Waals surface area contributed by atoms with Crippen LogP contribution in [0.25, 0.3) is 0 Å². The van der Waals surface area contributed by atoms with Gasteiger partial charge in [-0.3, -0.25) is 4.79 Å². The number of anilines is 1. The van der Waals surface area contributed by atoms with Crippen LogP contribution < -0.4 is 4.90 Å². The van der Waals surface area contributed by atoms with Crippen LogP contribution in [0.3, 0.4) is 0 Å². The minimum absolute atomic E-state index is 0.236. The minimum Gasteiger partial charge on any atom is -0.481 e. The van der Waals surface area contributed by atoms with Gasteiger partial charge in [-0.2, -0.15) is 0 Å². The van der Waals surface area contributed by atoms with Crippen LogP contribution in [0.1, 0.15) is 32.1 Å². The molecule has 2 rings (SSSR count). The summed E-state index contributed by atoms with van der Waals surface area (Å²) in [7, 11) is 0. The van der Waals surface area contributed by atoms with E-state index < -0.39 is 5.97 Å². The SMILES string of the molecule is O=C(O)CCCN(c1ccccc1)C1C=CCCC1. The molecule has 0 saturated carbocycles. The van der Waals surface area contributed by atoms with E-state index in [1.165, 1.54) is 12.1 Å². The Kier molecular flexibility index (Phi) is 5.01. The molecule has 0 fully saturated rings. The molecule has 0 aromatic heterocycles. The number of aliphatic carboxylic acids is 1. The van der Waals surface area contributed by atoms with Crippen LogP contribution in [0, 0.1) is 0 Å². The molecule has 0 radical (unpaired) electrons. The number of para-hydroxylation sites is 1. The number of benzene rings is 1. The van der Waals surface area contributed by atoms with Crippen molar-refractivity contribution in [3.63, 3.8) is 0 Å². The number of allylic oxidation sites excluding steroid dienone is 1. The summed E-state index contributed by atoms with van der Waals surface area (Å²) in [4.78, 5) is 13.0. The van der Waals surface area contributed by atoms with Crippen LogP contribution in [0.15, 0.2) is 42.5 Å². The third-order valence-corrected chi connectivity index (χ3v) is 3.51. The number of hydrogen-bond donors (Lipinski definition) is 1. The number of hydrogen-bond acceptors (Lipinski definition) is 2. The summed E-state index contributed by atoms with van der Waals surface area (Å²) < 4.78 is 0. The van der Waals surface area contributed by atoms with E-state index in [0.717, 1.165) is 19.4 Å². The predicted molar refractivity (Wildman–Crippen MR) is 77.4 cm³/mol. The topological polar surface area (TPSA) is 40.5 Å². The van der Waals surface area contributed by atoms with Crippen molar-refractivity contribution in [2.75, 3.05) is 11.4 Å². The lowest BCUT2D eigenvalue weighted by atomic mass is 10.0. The normalized spacial score (nSPS) is 18.2. The first-order chi connectivity index (χ1) is 9.27. The highest BCUT2D eigenvalue weighted by molar-refractivity contribution is 5.66. The van der Waals surface area contributed by atoms with Crippen LogP contribution in [0.4, 0.5) is 5.69 Å². The van der Waals surface area contributed by atoms with Gasteiger partial charge in [-0.15, -0.1) is 0 Å². The zero-order chi connectivity index (χ0) is 13.5. The van der Waals surface area contributed by atoms with Crippen molar-refractivity contribution in [3.8, 4) is 0 Å². The summed E-state index contributed by atoms with van der Waals surface area (Å²) in [5, 5.41) is 8.77. The Morgan fingerprint density at radius 1 is 1.32 bits per heavy atom. The van der Waals surface area contributed by atoms with Crippen molar-refractivity contribution in [1.29, 1.82) is 0 Å². The lowest BCUT2D eigenvalue weighted by molar-refractivity contribution is -0.137. The molecule has 0 aliphatic heterocycles. The summed E-state index contributed by atoms with van der Waals surface area (Å²) in [6, 6.07) is 10.7. The van der Waals surface area contributed by atoms with Crippen LogP contribution in [-0.4, -0.2) is 23.7 Å². The number of carbonyl (C=O) groups is 1. The largest absolute Gasteiger partial charge is 0.481 e. The van der Waals surface area contributed by atoms with Gasteiger partial charge in [0.25, 0.3) is 0 Å². The summed E-state index contributed by atoms with van der Waals surface area (Å²) in [5.74, 6) is -0.716. The van der Waals surface area contributed by atoms with Crippen molar-refractivity contribution in [2.24, 2.45) is 0 Å². The first-order valence-corrected chi connectivity index (χ1v) is 6.97. The quantitative estimate of drug-likeness (QED) is 0.795. The Bertz CT molecular complexity index is 428. The fraction of sp³-hybridized carbons (Fsp3) is 0.438. The van der Waals surface area contributed by atoms with Crippen LogP contribution in [0.5, 0.6) is 0 Å². The van der Waals surface area contributed by atoms with Crippen LogP contribution in [-0.2, 0) is 4.79 Å². The molecule has 0 saturated heterocycles. The highest BCUT2D eigenvalue weighted by Gasteiger charge is 2.18. The number of rotatable bonds is 6. The van der Waals surface area contributed by atoms with E-state index in [0.29, 0.717) is 12.5 Å². The van der Waals surface area contributed by atoms with Gasteiger partial charge in [-0.1, -0.05) is 30.4 Å². The Labute approximate surface area is 114 Å². The van der Waals surface area contributed by atoms with E-state index >= 15 is 0 Å². The van der Waals surface area contributed by atoms with Gasteiger partial charge in [0, 0.05) is 24.7 Å². The van der Waals surface area contributed by atoms with Crippen LogP contribution >= 0.6 is 0 Å². The highest BCUT2D eigenvalue weighted by atomic mass is 16.4. The number of carboxylic acids is 1. The van der Waals surface area contributed by atoms with Gasteiger partial charge in [-0.25, -0.2) is 0 Å². The fourth-order valence-corrected chi connectivity index (χ4v) is 2.56. The second-order valence-corrected chi connectivity index (χ2v) is 4.95. The predicted octanol–water partition coefficient (Wildman–Crippen LogP) is 3.47. The molecule has 0 spiro atoms. The molecule has 1 atom stereocenters. The molecule has 0 amide bonds. The average Bonchev–Trinajstić information content (AvgIpc) is 2.45. The average molecular weight is 259 g/mol. The zero-order valence-corrected chi connectivity index (χ0v) is 11.2. The van der Waals surface area contributed by atoms with Gasteiger partial charge >= 0.3 is 5.97 Å². The molecule has 3 heteroatoms. The molecule has 1 aliphatic rings. The molecule has 1 aromatic rings. The third-order valence-electron chi connectivity index (χ3n) is 3.51. The maximum absolute atomic E-state index is 10.7. The maximum Gasteiger partial charge on any atom is 0.303 e. The molecule has 1 N–H and O–H groups in total. The van der Waals surface area contributed by atoms with Crippen LogP contribution in [0.2, 0.25) is 0 Å².